The fourth-order valence-corrected chi connectivity index (χ4v) is 2.88. The van der Waals surface area contributed by atoms with Gasteiger partial charge in [0.05, 0.1) is 5.92 Å². The highest BCUT2D eigenvalue weighted by molar-refractivity contribution is 7.92. The lowest BCUT2D eigenvalue weighted by Crippen LogP contribution is -2.43. The molecule has 4 nitrogen and oxygen atoms in total. The van der Waals surface area contributed by atoms with Gasteiger partial charge in [0, 0.05) is 11.8 Å². The maximum Gasteiger partial charge on any atom is 0.391 e. The van der Waals surface area contributed by atoms with Gasteiger partial charge in [0.1, 0.15) is 5.75 Å². The summed E-state index contributed by atoms with van der Waals surface area (Å²) < 4.78 is 60.2. The average molecular weight is 301 g/mol. The van der Waals surface area contributed by atoms with E-state index in [1.165, 1.54) is 6.92 Å². The van der Waals surface area contributed by atoms with Gasteiger partial charge in [-0.2, -0.15) is 13.2 Å². The van der Waals surface area contributed by atoms with Crippen LogP contribution in [0.2, 0.25) is 0 Å². The Morgan fingerprint density at radius 3 is 2.47 bits per heavy atom. The Hall–Kier alpha value is -0.790. The van der Waals surface area contributed by atoms with Crippen molar-refractivity contribution in [2.75, 3.05) is 11.5 Å². The van der Waals surface area contributed by atoms with Crippen molar-refractivity contribution in [2.45, 2.75) is 44.8 Å². The molecule has 0 aliphatic heterocycles. The second-order valence-electron chi connectivity index (χ2n) is 4.85. The molecule has 0 heterocycles. The van der Waals surface area contributed by atoms with E-state index < -0.39 is 39.6 Å². The molecule has 0 unspecified atom stereocenters. The van der Waals surface area contributed by atoms with Gasteiger partial charge in [0.25, 0.3) is 0 Å². The van der Waals surface area contributed by atoms with Crippen LogP contribution in [0.25, 0.3) is 0 Å². The zero-order chi connectivity index (χ0) is 14.7. The van der Waals surface area contributed by atoms with E-state index in [9.17, 15) is 26.4 Å². The molecule has 1 saturated carbocycles. The molecule has 0 bridgehead atoms. The molecule has 0 aromatic rings. The van der Waals surface area contributed by atoms with Crippen molar-refractivity contribution in [3.8, 4) is 0 Å². The van der Waals surface area contributed by atoms with Gasteiger partial charge in [0.15, 0.2) is 9.84 Å². The first-order valence-electron chi connectivity index (χ1n) is 6.20. The summed E-state index contributed by atoms with van der Waals surface area (Å²) in [5, 5.41) is 2.39. The van der Waals surface area contributed by atoms with Crippen molar-refractivity contribution in [1.82, 2.24) is 5.32 Å². The molecular formula is C11H18F3NO3S. The Kier molecular flexibility index (Phi) is 5.23. The van der Waals surface area contributed by atoms with Crippen molar-refractivity contribution in [1.29, 1.82) is 0 Å². The third kappa shape index (κ3) is 5.38. The Balaban J connectivity index is 2.51. The predicted molar refractivity (Wildman–Crippen MR) is 64.3 cm³/mol. The van der Waals surface area contributed by atoms with Crippen LogP contribution in [0.3, 0.4) is 0 Å². The van der Waals surface area contributed by atoms with Crippen molar-refractivity contribution in [3.05, 3.63) is 0 Å². The monoisotopic (exact) mass is 301 g/mol. The van der Waals surface area contributed by atoms with Gasteiger partial charge in [0.2, 0.25) is 5.91 Å². The zero-order valence-corrected chi connectivity index (χ0v) is 11.5. The van der Waals surface area contributed by atoms with Gasteiger partial charge in [-0.1, -0.05) is 13.3 Å². The molecule has 19 heavy (non-hydrogen) atoms. The van der Waals surface area contributed by atoms with E-state index in [4.69, 9.17) is 0 Å². The summed E-state index contributed by atoms with van der Waals surface area (Å²) in [6.07, 6.45) is -3.50. The van der Waals surface area contributed by atoms with Crippen LogP contribution in [0.5, 0.6) is 0 Å². The molecule has 1 amide bonds. The lowest BCUT2D eigenvalue weighted by Gasteiger charge is -2.30. The molecule has 2 atom stereocenters. The van der Waals surface area contributed by atoms with E-state index in [2.05, 4.69) is 5.32 Å². The molecule has 0 aromatic carbocycles. The van der Waals surface area contributed by atoms with E-state index in [-0.39, 0.29) is 18.6 Å². The molecule has 1 fully saturated rings. The van der Waals surface area contributed by atoms with E-state index in [0.29, 0.717) is 12.8 Å². The first-order chi connectivity index (χ1) is 8.64. The number of alkyl halides is 3. The Labute approximate surface area is 110 Å². The predicted octanol–water partition coefficient (Wildman–Crippen LogP) is 1.66. The Morgan fingerprint density at radius 2 is 1.95 bits per heavy atom. The van der Waals surface area contributed by atoms with Crippen LogP contribution in [-0.2, 0) is 14.6 Å². The van der Waals surface area contributed by atoms with Gasteiger partial charge < -0.3 is 5.32 Å². The zero-order valence-electron chi connectivity index (χ0n) is 10.7. The number of rotatable bonds is 4. The minimum absolute atomic E-state index is 0.0725. The van der Waals surface area contributed by atoms with Crippen LogP contribution < -0.4 is 5.32 Å². The molecule has 0 spiro atoms. The molecule has 0 radical (unpaired) electrons. The van der Waals surface area contributed by atoms with E-state index in [1.807, 2.05) is 0 Å². The molecule has 0 aromatic heterocycles. The van der Waals surface area contributed by atoms with Crippen molar-refractivity contribution < 1.29 is 26.4 Å². The number of carbonyl (C=O) groups excluding carboxylic acids is 1. The van der Waals surface area contributed by atoms with Crippen LogP contribution in [0.1, 0.15) is 32.6 Å². The van der Waals surface area contributed by atoms with Gasteiger partial charge >= 0.3 is 6.18 Å². The summed E-state index contributed by atoms with van der Waals surface area (Å²) in [6, 6.07) is -0.583. The van der Waals surface area contributed by atoms with Crippen LogP contribution in [0.4, 0.5) is 13.2 Å². The van der Waals surface area contributed by atoms with Gasteiger partial charge in [-0.25, -0.2) is 8.42 Å². The number of amides is 1. The average Bonchev–Trinajstić information content (AvgIpc) is 2.27. The highest BCUT2D eigenvalue weighted by Gasteiger charge is 2.42. The summed E-state index contributed by atoms with van der Waals surface area (Å²) in [4.78, 5) is 11.5. The lowest BCUT2D eigenvalue weighted by molar-refractivity contribution is -0.184. The van der Waals surface area contributed by atoms with Crippen LogP contribution in [0.15, 0.2) is 0 Å². The number of nitrogens with one attached hydrogen (secondary N) is 1. The van der Waals surface area contributed by atoms with E-state index in [0.717, 1.165) is 0 Å². The second-order valence-corrected chi connectivity index (χ2v) is 7.20. The Morgan fingerprint density at radius 1 is 1.32 bits per heavy atom. The fraction of sp³-hybridized carbons (Fsp3) is 0.909. The molecule has 1 N–H and O–H groups in total. The number of halogens is 3. The third-order valence-corrected chi connectivity index (χ3v) is 4.87. The highest BCUT2D eigenvalue weighted by Crippen LogP contribution is 2.37. The molecule has 1 rings (SSSR count). The number of sulfone groups is 1. The molecule has 1 aliphatic carbocycles. The number of hydrogen-bond donors (Lipinski definition) is 1. The minimum atomic E-state index is -4.25. The molecular weight excluding hydrogens is 283 g/mol. The van der Waals surface area contributed by atoms with Crippen molar-refractivity contribution in [3.63, 3.8) is 0 Å². The topological polar surface area (TPSA) is 63.2 Å². The lowest BCUT2D eigenvalue weighted by atomic mass is 9.85. The SMILES string of the molecule is CCS(=O)(=O)CC(=O)N[C@@H]1CCC[C@H](C(F)(F)F)C1. The summed E-state index contributed by atoms with van der Waals surface area (Å²) in [7, 11) is -3.45. The smallest absolute Gasteiger partial charge is 0.352 e. The highest BCUT2D eigenvalue weighted by atomic mass is 32.2. The van der Waals surface area contributed by atoms with Crippen molar-refractivity contribution in [2.24, 2.45) is 5.92 Å². The standard InChI is InChI=1S/C11H18F3NO3S/c1-2-19(17,18)7-10(16)15-9-5-3-4-8(6-9)11(12,13)14/h8-9H,2-7H2,1H3,(H,15,16)/t8-,9+/m0/s1. The summed E-state index contributed by atoms with van der Waals surface area (Å²) in [6.45, 7) is 1.42. The summed E-state index contributed by atoms with van der Waals surface area (Å²) in [5.41, 5.74) is 0. The minimum Gasteiger partial charge on any atom is -0.352 e. The third-order valence-electron chi connectivity index (χ3n) is 3.29. The van der Waals surface area contributed by atoms with Crippen molar-refractivity contribution >= 4 is 15.7 Å². The van der Waals surface area contributed by atoms with Gasteiger partial charge in [-0.3, -0.25) is 4.79 Å². The summed E-state index contributed by atoms with van der Waals surface area (Å²) >= 11 is 0. The first-order valence-corrected chi connectivity index (χ1v) is 8.02. The number of hydrogen-bond acceptors (Lipinski definition) is 3. The Bertz CT molecular complexity index is 419. The van der Waals surface area contributed by atoms with Gasteiger partial charge in [-0.15, -0.1) is 0 Å². The maximum atomic E-state index is 12.6. The fourth-order valence-electron chi connectivity index (χ4n) is 2.19. The maximum absolute atomic E-state index is 12.6. The summed E-state index contributed by atoms with van der Waals surface area (Å²) in [5.74, 6) is -2.93. The van der Waals surface area contributed by atoms with Gasteiger partial charge in [-0.05, 0) is 19.3 Å². The van der Waals surface area contributed by atoms with E-state index >= 15 is 0 Å². The van der Waals surface area contributed by atoms with Crippen LogP contribution in [-0.4, -0.2) is 38.0 Å². The molecule has 8 heteroatoms. The van der Waals surface area contributed by atoms with E-state index in [1.54, 1.807) is 0 Å². The molecule has 0 saturated heterocycles. The molecule has 1 aliphatic rings. The van der Waals surface area contributed by atoms with Crippen LogP contribution in [0, 0.1) is 5.92 Å². The second kappa shape index (κ2) is 6.11. The first kappa shape index (κ1) is 16.3. The quantitative estimate of drug-likeness (QED) is 0.859. The molecule has 112 valence electrons. The largest absolute Gasteiger partial charge is 0.391 e. The number of carbonyl (C=O) groups is 1. The van der Waals surface area contributed by atoms with Crippen LogP contribution >= 0.6 is 0 Å². The normalized spacial score (nSPS) is 25.1.